The first-order valence-electron chi connectivity index (χ1n) is 5.83. The van der Waals surface area contributed by atoms with Crippen molar-refractivity contribution < 1.29 is 13.3 Å². The van der Waals surface area contributed by atoms with Gasteiger partial charge in [-0.05, 0) is 23.9 Å². The molecule has 0 radical (unpaired) electrons. The molecule has 2 rings (SSSR count). The van der Waals surface area contributed by atoms with Crippen LogP contribution in [0, 0.1) is 17.0 Å². The van der Waals surface area contributed by atoms with Gasteiger partial charge in [-0.25, -0.2) is 13.1 Å². The summed E-state index contributed by atoms with van der Waals surface area (Å²) in [6, 6.07) is 2.98. The second-order valence-corrected chi connectivity index (χ2v) is 8.18. The van der Waals surface area contributed by atoms with Crippen LogP contribution in [-0.2, 0) is 16.6 Å². The molecule has 7 nitrogen and oxygen atoms in total. The number of nitrogens with zero attached hydrogens (tertiary/aromatic N) is 1. The summed E-state index contributed by atoms with van der Waals surface area (Å²) in [5.74, 6) is 0. The summed E-state index contributed by atoms with van der Waals surface area (Å²) in [5.41, 5.74) is 0.769. The van der Waals surface area contributed by atoms with Crippen molar-refractivity contribution in [3.8, 4) is 0 Å². The average molecular weight is 347 g/mol. The fraction of sp³-hybridized carbons (Fsp3) is 0.273. The highest BCUT2D eigenvalue weighted by atomic mass is 32.2. The quantitative estimate of drug-likeness (QED) is 0.618. The molecule has 2 N–H and O–H groups in total. The van der Waals surface area contributed by atoms with Gasteiger partial charge in [0.1, 0.15) is 4.21 Å². The van der Waals surface area contributed by atoms with Crippen molar-refractivity contribution in [2.75, 3.05) is 12.4 Å². The van der Waals surface area contributed by atoms with E-state index in [0.717, 1.165) is 27.8 Å². The van der Waals surface area contributed by atoms with Crippen molar-refractivity contribution in [1.29, 1.82) is 0 Å². The third-order valence-electron chi connectivity index (χ3n) is 2.77. The molecule has 0 aliphatic rings. The number of nitrogens with one attached hydrogen (secondary N) is 2. The van der Waals surface area contributed by atoms with Crippen LogP contribution in [0.25, 0.3) is 0 Å². The van der Waals surface area contributed by atoms with E-state index >= 15 is 0 Å². The van der Waals surface area contributed by atoms with Crippen LogP contribution in [0.4, 0.5) is 10.7 Å². The van der Waals surface area contributed by atoms with Crippen LogP contribution < -0.4 is 10.0 Å². The van der Waals surface area contributed by atoms with Gasteiger partial charge in [0.05, 0.1) is 4.92 Å². The molecule has 0 atom stereocenters. The molecular formula is C11H13N3O4S3. The highest BCUT2D eigenvalue weighted by Crippen LogP contribution is 2.36. The van der Waals surface area contributed by atoms with Crippen LogP contribution in [0.15, 0.2) is 21.7 Å². The van der Waals surface area contributed by atoms with Crippen LogP contribution >= 0.6 is 22.7 Å². The first-order valence-corrected chi connectivity index (χ1v) is 9.01. The summed E-state index contributed by atoms with van der Waals surface area (Å²) in [7, 11) is -2.26. The molecule has 0 unspecified atom stereocenters. The van der Waals surface area contributed by atoms with Crippen molar-refractivity contribution in [3.05, 3.63) is 38.1 Å². The standard InChI is InChI=1S/C11H13N3O4S3/c1-7-3-4-19-9(7)6-13-21(17,18)10-5-8(14(15)16)11(12-2)20-10/h3-5,12-13H,6H2,1-2H3. The van der Waals surface area contributed by atoms with E-state index in [1.807, 2.05) is 18.4 Å². The zero-order valence-electron chi connectivity index (χ0n) is 11.2. The second kappa shape index (κ2) is 6.10. The van der Waals surface area contributed by atoms with Gasteiger partial charge in [-0.2, -0.15) is 0 Å². The zero-order chi connectivity index (χ0) is 15.6. The van der Waals surface area contributed by atoms with Gasteiger partial charge in [0, 0.05) is 24.5 Å². The molecule has 0 aliphatic heterocycles. The van der Waals surface area contributed by atoms with Gasteiger partial charge in [-0.3, -0.25) is 10.1 Å². The summed E-state index contributed by atoms with van der Waals surface area (Å²) in [6.45, 7) is 2.07. The molecule has 2 aromatic rings. The van der Waals surface area contributed by atoms with Crippen molar-refractivity contribution in [1.82, 2.24) is 4.72 Å². The summed E-state index contributed by atoms with van der Waals surface area (Å²) in [4.78, 5) is 11.2. The number of anilines is 1. The van der Waals surface area contributed by atoms with E-state index in [9.17, 15) is 18.5 Å². The van der Waals surface area contributed by atoms with Gasteiger partial charge in [-0.1, -0.05) is 11.3 Å². The van der Waals surface area contributed by atoms with Crippen molar-refractivity contribution in [2.24, 2.45) is 0 Å². The summed E-state index contributed by atoms with van der Waals surface area (Å²) >= 11 is 2.30. The largest absolute Gasteiger partial charge is 0.374 e. The molecular weight excluding hydrogens is 334 g/mol. The Bertz CT molecular complexity index is 764. The number of nitro groups is 1. The number of rotatable bonds is 6. The number of thiophene rings is 2. The first kappa shape index (κ1) is 15.9. The van der Waals surface area contributed by atoms with E-state index in [1.165, 1.54) is 18.4 Å². The minimum atomic E-state index is -3.77. The molecule has 0 fully saturated rings. The lowest BCUT2D eigenvalue weighted by molar-refractivity contribution is -0.383. The molecule has 2 aromatic heterocycles. The predicted octanol–water partition coefficient (Wildman–Crippen LogP) is 2.55. The molecule has 10 heteroatoms. The van der Waals surface area contributed by atoms with Gasteiger partial charge in [0.2, 0.25) is 0 Å². The number of aryl methyl sites for hydroxylation is 1. The Morgan fingerprint density at radius 2 is 2.14 bits per heavy atom. The number of sulfonamides is 1. The maximum atomic E-state index is 12.2. The van der Waals surface area contributed by atoms with Gasteiger partial charge >= 0.3 is 5.69 Å². The van der Waals surface area contributed by atoms with Crippen LogP contribution in [0.1, 0.15) is 10.4 Å². The highest BCUT2D eigenvalue weighted by Gasteiger charge is 2.25. The van der Waals surface area contributed by atoms with Gasteiger partial charge in [-0.15, -0.1) is 11.3 Å². The molecule has 0 aromatic carbocycles. The smallest absolute Gasteiger partial charge is 0.304 e. The summed E-state index contributed by atoms with van der Waals surface area (Å²) in [5, 5.41) is 15.6. The summed E-state index contributed by atoms with van der Waals surface area (Å²) < 4.78 is 26.8. The van der Waals surface area contributed by atoms with Crippen LogP contribution in [0.2, 0.25) is 0 Å². The van der Waals surface area contributed by atoms with E-state index in [4.69, 9.17) is 0 Å². The topological polar surface area (TPSA) is 101 Å². The molecule has 2 heterocycles. The van der Waals surface area contributed by atoms with E-state index in [-0.39, 0.29) is 21.4 Å². The Balaban J connectivity index is 2.23. The van der Waals surface area contributed by atoms with Gasteiger partial charge in [0.25, 0.3) is 10.0 Å². The Labute approximate surface area is 129 Å². The summed E-state index contributed by atoms with van der Waals surface area (Å²) in [6.07, 6.45) is 0. The lowest BCUT2D eigenvalue weighted by atomic mass is 10.3. The molecule has 21 heavy (non-hydrogen) atoms. The van der Waals surface area contributed by atoms with Crippen LogP contribution in [0.3, 0.4) is 0 Å². The van der Waals surface area contributed by atoms with E-state index in [1.54, 1.807) is 0 Å². The molecule has 0 aliphatic carbocycles. The second-order valence-electron chi connectivity index (χ2n) is 4.14. The minimum absolute atomic E-state index is 0.0761. The Morgan fingerprint density at radius 1 is 1.43 bits per heavy atom. The Kier molecular flexibility index (Phi) is 4.61. The zero-order valence-corrected chi connectivity index (χ0v) is 13.7. The van der Waals surface area contributed by atoms with Crippen molar-refractivity contribution >= 4 is 43.4 Å². The van der Waals surface area contributed by atoms with E-state index in [0.29, 0.717) is 0 Å². The van der Waals surface area contributed by atoms with Gasteiger partial charge < -0.3 is 5.32 Å². The van der Waals surface area contributed by atoms with Crippen LogP contribution in [0.5, 0.6) is 0 Å². The molecule has 0 saturated heterocycles. The van der Waals surface area contributed by atoms with Crippen molar-refractivity contribution in [2.45, 2.75) is 17.7 Å². The fourth-order valence-corrected chi connectivity index (χ4v) is 4.88. The first-order chi connectivity index (χ1) is 9.85. The number of hydrogen-bond acceptors (Lipinski definition) is 7. The SMILES string of the molecule is CNc1sc(S(=O)(=O)NCc2sccc2C)cc1[N+](=O)[O-]. The Hall–Kier alpha value is -1.49. The number of hydrogen-bond donors (Lipinski definition) is 2. The molecule has 0 spiro atoms. The molecule has 114 valence electrons. The van der Waals surface area contributed by atoms with E-state index < -0.39 is 14.9 Å². The highest BCUT2D eigenvalue weighted by molar-refractivity contribution is 7.91. The van der Waals surface area contributed by atoms with Gasteiger partial charge in [0.15, 0.2) is 5.00 Å². The molecule has 0 bridgehead atoms. The lowest BCUT2D eigenvalue weighted by Gasteiger charge is -2.03. The average Bonchev–Trinajstić information content (AvgIpc) is 3.02. The third kappa shape index (κ3) is 3.40. The molecule has 0 saturated carbocycles. The predicted molar refractivity (Wildman–Crippen MR) is 83.6 cm³/mol. The fourth-order valence-electron chi connectivity index (χ4n) is 1.62. The molecule has 0 amide bonds. The maximum Gasteiger partial charge on any atom is 0.304 e. The Morgan fingerprint density at radius 3 is 2.62 bits per heavy atom. The minimum Gasteiger partial charge on any atom is -0.374 e. The maximum absolute atomic E-state index is 12.2. The van der Waals surface area contributed by atoms with Crippen LogP contribution in [-0.4, -0.2) is 20.4 Å². The normalized spacial score (nSPS) is 11.5. The monoisotopic (exact) mass is 347 g/mol. The van der Waals surface area contributed by atoms with Crippen molar-refractivity contribution in [3.63, 3.8) is 0 Å². The lowest BCUT2D eigenvalue weighted by Crippen LogP contribution is -2.22. The van der Waals surface area contributed by atoms with E-state index in [2.05, 4.69) is 10.0 Å². The third-order valence-corrected chi connectivity index (χ3v) is 6.81.